The summed E-state index contributed by atoms with van der Waals surface area (Å²) >= 11 is 0. The Bertz CT molecular complexity index is 462. The molecule has 1 aromatic carbocycles. The maximum absolute atomic E-state index is 11.7. The van der Waals surface area contributed by atoms with Gasteiger partial charge in [0.05, 0.1) is 0 Å². The normalized spacial score (nSPS) is 14.6. The molecule has 0 spiro atoms. The molecule has 0 unspecified atom stereocenters. The maximum Gasteiger partial charge on any atom is 0.253 e. The van der Waals surface area contributed by atoms with Gasteiger partial charge in [-0.1, -0.05) is 18.6 Å². The first-order valence-electron chi connectivity index (χ1n) is 6.66. The van der Waals surface area contributed by atoms with Crippen LogP contribution in [0.4, 0.5) is 0 Å². The molecule has 0 atom stereocenters. The molecule has 4 nitrogen and oxygen atoms in total. The first-order valence-corrected chi connectivity index (χ1v) is 6.66. The summed E-state index contributed by atoms with van der Waals surface area (Å²) in [5.74, 6) is 0.361. The summed E-state index contributed by atoms with van der Waals surface area (Å²) in [5.41, 5.74) is 1.68. The number of rotatable bonds is 4. The molecule has 19 heavy (non-hydrogen) atoms. The van der Waals surface area contributed by atoms with Crippen LogP contribution in [0.15, 0.2) is 24.3 Å². The van der Waals surface area contributed by atoms with Crippen molar-refractivity contribution in [1.29, 1.82) is 0 Å². The largest absolute Gasteiger partial charge is 0.352 e. The number of hydrogen-bond acceptors (Lipinski definition) is 2. The molecule has 0 radical (unpaired) electrons. The topological polar surface area (TPSA) is 49.4 Å². The van der Waals surface area contributed by atoms with Crippen molar-refractivity contribution in [2.24, 2.45) is 5.92 Å². The number of carbonyl (C=O) groups excluding carboxylic acids is 2. The third-order valence-electron chi connectivity index (χ3n) is 3.55. The third kappa shape index (κ3) is 3.34. The van der Waals surface area contributed by atoms with E-state index in [1.165, 1.54) is 6.42 Å². The van der Waals surface area contributed by atoms with Crippen molar-refractivity contribution in [2.75, 3.05) is 14.1 Å². The molecule has 0 aliphatic heterocycles. The van der Waals surface area contributed by atoms with E-state index in [4.69, 9.17) is 0 Å². The second-order valence-electron chi connectivity index (χ2n) is 5.24. The number of carbonyl (C=O) groups is 2. The highest BCUT2D eigenvalue weighted by Gasteiger charge is 2.24. The smallest absolute Gasteiger partial charge is 0.253 e. The monoisotopic (exact) mass is 260 g/mol. The Hall–Kier alpha value is -1.84. The van der Waals surface area contributed by atoms with Gasteiger partial charge in [-0.15, -0.1) is 0 Å². The number of hydrogen-bond donors (Lipinski definition) is 1. The van der Waals surface area contributed by atoms with E-state index in [0.29, 0.717) is 12.1 Å². The number of benzene rings is 1. The van der Waals surface area contributed by atoms with Crippen molar-refractivity contribution in [1.82, 2.24) is 10.2 Å². The van der Waals surface area contributed by atoms with Crippen LogP contribution in [0.3, 0.4) is 0 Å². The molecule has 1 saturated carbocycles. The highest BCUT2D eigenvalue weighted by molar-refractivity contribution is 5.93. The van der Waals surface area contributed by atoms with Gasteiger partial charge in [-0.3, -0.25) is 9.59 Å². The van der Waals surface area contributed by atoms with Crippen molar-refractivity contribution in [3.05, 3.63) is 35.4 Å². The minimum Gasteiger partial charge on any atom is -0.352 e. The van der Waals surface area contributed by atoms with Gasteiger partial charge in [0.2, 0.25) is 5.91 Å². The van der Waals surface area contributed by atoms with E-state index in [-0.39, 0.29) is 17.7 Å². The maximum atomic E-state index is 11.7. The van der Waals surface area contributed by atoms with Gasteiger partial charge in [-0.2, -0.15) is 0 Å². The summed E-state index contributed by atoms with van der Waals surface area (Å²) in [7, 11) is 3.46. The summed E-state index contributed by atoms with van der Waals surface area (Å²) in [6.45, 7) is 0.534. The number of nitrogens with zero attached hydrogens (tertiary/aromatic N) is 1. The Labute approximate surface area is 113 Å². The number of nitrogens with one attached hydrogen (secondary N) is 1. The van der Waals surface area contributed by atoms with Crippen LogP contribution in [0.2, 0.25) is 0 Å². The van der Waals surface area contributed by atoms with Crippen LogP contribution in [0.1, 0.15) is 35.2 Å². The molecule has 2 rings (SSSR count). The Balaban J connectivity index is 1.88. The zero-order chi connectivity index (χ0) is 13.8. The first kappa shape index (κ1) is 13.6. The van der Waals surface area contributed by atoms with Crippen molar-refractivity contribution < 1.29 is 9.59 Å². The summed E-state index contributed by atoms with van der Waals surface area (Å²) in [6, 6.07) is 7.37. The van der Waals surface area contributed by atoms with E-state index in [0.717, 1.165) is 18.4 Å². The molecule has 1 fully saturated rings. The lowest BCUT2D eigenvalue weighted by Crippen LogP contribution is -2.33. The zero-order valence-electron chi connectivity index (χ0n) is 11.5. The van der Waals surface area contributed by atoms with Crippen LogP contribution in [-0.4, -0.2) is 30.8 Å². The second-order valence-corrected chi connectivity index (χ2v) is 5.24. The first-order chi connectivity index (χ1) is 9.08. The van der Waals surface area contributed by atoms with Gasteiger partial charge in [0.1, 0.15) is 0 Å². The summed E-state index contributed by atoms with van der Waals surface area (Å²) in [5, 5.41) is 2.94. The van der Waals surface area contributed by atoms with Crippen LogP contribution >= 0.6 is 0 Å². The van der Waals surface area contributed by atoms with Crippen LogP contribution < -0.4 is 5.32 Å². The van der Waals surface area contributed by atoms with Gasteiger partial charge in [0, 0.05) is 32.1 Å². The molecule has 1 aliphatic carbocycles. The fourth-order valence-electron chi connectivity index (χ4n) is 2.03. The predicted molar refractivity (Wildman–Crippen MR) is 73.6 cm³/mol. The molecule has 0 bridgehead atoms. The van der Waals surface area contributed by atoms with E-state index in [2.05, 4.69) is 5.32 Å². The van der Waals surface area contributed by atoms with Gasteiger partial charge in [0.15, 0.2) is 0 Å². The van der Waals surface area contributed by atoms with Crippen LogP contribution in [0, 0.1) is 5.92 Å². The van der Waals surface area contributed by atoms with Crippen molar-refractivity contribution in [3.63, 3.8) is 0 Å². The molecule has 102 valence electrons. The molecule has 0 saturated heterocycles. The molecule has 4 heteroatoms. The quantitative estimate of drug-likeness (QED) is 0.897. The van der Waals surface area contributed by atoms with Crippen LogP contribution in [-0.2, 0) is 11.3 Å². The average molecular weight is 260 g/mol. The van der Waals surface area contributed by atoms with E-state index in [1.807, 2.05) is 12.1 Å². The molecule has 1 aromatic rings. The van der Waals surface area contributed by atoms with Gasteiger partial charge < -0.3 is 10.2 Å². The zero-order valence-corrected chi connectivity index (χ0v) is 11.5. The Kier molecular flexibility index (Phi) is 4.20. The molecule has 1 aliphatic rings. The Morgan fingerprint density at radius 3 is 2.32 bits per heavy atom. The summed E-state index contributed by atoms with van der Waals surface area (Å²) < 4.78 is 0. The fraction of sp³-hybridized carbons (Fsp3) is 0.467. The summed E-state index contributed by atoms with van der Waals surface area (Å²) in [6.07, 6.45) is 3.20. The van der Waals surface area contributed by atoms with E-state index < -0.39 is 0 Å². The van der Waals surface area contributed by atoms with Gasteiger partial charge in [-0.25, -0.2) is 0 Å². The molecule has 0 aromatic heterocycles. The third-order valence-corrected chi connectivity index (χ3v) is 3.55. The summed E-state index contributed by atoms with van der Waals surface area (Å²) in [4.78, 5) is 25.0. The van der Waals surface area contributed by atoms with E-state index >= 15 is 0 Å². The Morgan fingerprint density at radius 1 is 1.21 bits per heavy atom. The van der Waals surface area contributed by atoms with Crippen LogP contribution in [0.5, 0.6) is 0 Å². The Morgan fingerprint density at radius 2 is 1.84 bits per heavy atom. The fourth-order valence-corrected chi connectivity index (χ4v) is 2.03. The van der Waals surface area contributed by atoms with E-state index in [9.17, 15) is 9.59 Å². The van der Waals surface area contributed by atoms with Gasteiger partial charge >= 0.3 is 0 Å². The van der Waals surface area contributed by atoms with Crippen LogP contribution in [0.25, 0.3) is 0 Å². The van der Waals surface area contributed by atoms with Gasteiger partial charge in [-0.05, 0) is 30.5 Å². The standard InChI is InChI=1S/C15H20N2O2/c1-17(2)15(19)13-8-6-11(7-9-13)10-16-14(18)12-4-3-5-12/h6-9,12H,3-5,10H2,1-2H3,(H,16,18). The highest BCUT2D eigenvalue weighted by Crippen LogP contribution is 2.26. The molecule has 0 heterocycles. The lowest BCUT2D eigenvalue weighted by molar-refractivity contribution is -0.127. The predicted octanol–water partition coefficient (Wildman–Crippen LogP) is 1.80. The average Bonchev–Trinajstić information content (AvgIpc) is 2.34. The SMILES string of the molecule is CN(C)C(=O)c1ccc(CNC(=O)C2CCC2)cc1. The lowest BCUT2D eigenvalue weighted by atomic mass is 9.85. The molecular weight excluding hydrogens is 240 g/mol. The number of amides is 2. The lowest BCUT2D eigenvalue weighted by Gasteiger charge is -2.24. The van der Waals surface area contributed by atoms with Gasteiger partial charge in [0.25, 0.3) is 5.91 Å². The van der Waals surface area contributed by atoms with Crippen molar-refractivity contribution >= 4 is 11.8 Å². The second kappa shape index (κ2) is 5.87. The highest BCUT2D eigenvalue weighted by atomic mass is 16.2. The molecule has 2 amide bonds. The van der Waals surface area contributed by atoms with Crippen molar-refractivity contribution in [3.8, 4) is 0 Å². The molecular formula is C15H20N2O2. The van der Waals surface area contributed by atoms with Crippen molar-refractivity contribution in [2.45, 2.75) is 25.8 Å². The minimum absolute atomic E-state index is 0.00921. The van der Waals surface area contributed by atoms with E-state index in [1.54, 1.807) is 31.1 Å². The molecule has 1 N–H and O–H groups in total. The minimum atomic E-state index is -0.00921.